The molecule has 4 aromatic rings. The Balaban J connectivity index is 1.50. The fourth-order valence-corrected chi connectivity index (χ4v) is 3.57. The van der Waals surface area contributed by atoms with Crippen LogP contribution in [0.1, 0.15) is 21.0 Å². The van der Waals surface area contributed by atoms with E-state index in [0.29, 0.717) is 24.4 Å². The van der Waals surface area contributed by atoms with Crippen molar-refractivity contribution in [3.05, 3.63) is 107 Å². The van der Waals surface area contributed by atoms with E-state index in [1.807, 2.05) is 72.1 Å². The molecule has 2 aromatic carbocycles. The third-order valence-corrected chi connectivity index (χ3v) is 5.08. The fourth-order valence-electron chi connectivity index (χ4n) is 2.85. The number of thiophene rings is 1. The van der Waals surface area contributed by atoms with Crippen LogP contribution in [0, 0.1) is 0 Å². The fraction of sp³-hybridized carbons (Fsp3) is 0.0870. The minimum atomic E-state index is -0.0453. The van der Waals surface area contributed by atoms with Gasteiger partial charge in [-0.1, -0.05) is 24.3 Å². The molecule has 5 heteroatoms. The Kier molecular flexibility index (Phi) is 5.54. The topological polar surface area (TPSA) is 42.7 Å². The largest absolute Gasteiger partial charge is 0.467 e. The quantitative estimate of drug-likeness (QED) is 0.391. The van der Waals surface area contributed by atoms with Gasteiger partial charge in [0, 0.05) is 10.4 Å². The van der Waals surface area contributed by atoms with Crippen molar-refractivity contribution >= 4 is 17.2 Å². The number of nitrogens with zero attached hydrogens (tertiary/aromatic N) is 1. The summed E-state index contributed by atoms with van der Waals surface area (Å²) in [5, 5.41) is 2.01. The maximum absolute atomic E-state index is 13.1. The van der Waals surface area contributed by atoms with E-state index in [0.717, 1.165) is 16.4 Å². The number of para-hydroxylation sites is 1. The van der Waals surface area contributed by atoms with Crippen molar-refractivity contribution in [1.29, 1.82) is 0 Å². The molecule has 2 heterocycles. The van der Waals surface area contributed by atoms with Crippen molar-refractivity contribution in [2.45, 2.75) is 13.1 Å². The van der Waals surface area contributed by atoms with Crippen LogP contribution >= 0.6 is 11.3 Å². The zero-order chi connectivity index (χ0) is 19.2. The molecule has 0 saturated heterocycles. The van der Waals surface area contributed by atoms with E-state index < -0.39 is 0 Å². The second-order valence-electron chi connectivity index (χ2n) is 6.26. The first-order valence-electron chi connectivity index (χ1n) is 8.95. The van der Waals surface area contributed by atoms with Crippen molar-refractivity contribution < 1.29 is 13.9 Å². The molecule has 0 unspecified atom stereocenters. The number of furan rings is 1. The molecule has 0 N–H and O–H groups in total. The Labute approximate surface area is 167 Å². The van der Waals surface area contributed by atoms with Crippen LogP contribution < -0.4 is 4.74 Å². The third kappa shape index (κ3) is 4.50. The molecule has 0 aliphatic carbocycles. The van der Waals surface area contributed by atoms with Gasteiger partial charge >= 0.3 is 0 Å². The van der Waals surface area contributed by atoms with Gasteiger partial charge in [-0.05, 0) is 60.0 Å². The van der Waals surface area contributed by atoms with Crippen molar-refractivity contribution in [3.8, 4) is 11.5 Å². The lowest BCUT2D eigenvalue weighted by Crippen LogP contribution is -2.29. The highest BCUT2D eigenvalue weighted by Gasteiger charge is 2.18. The summed E-state index contributed by atoms with van der Waals surface area (Å²) in [6, 6.07) is 24.5. The molecule has 0 saturated carbocycles. The molecule has 0 atom stereocenters. The van der Waals surface area contributed by atoms with Gasteiger partial charge in [-0.3, -0.25) is 4.79 Å². The number of rotatable bonds is 7. The van der Waals surface area contributed by atoms with E-state index in [2.05, 4.69) is 0 Å². The predicted octanol–water partition coefficient (Wildman–Crippen LogP) is 5.98. The molecule has 4 rings (SSSR count). The van der Waals surface area contributed by atoms with Crippen LogP contribution in [0.25, 0.3) is 0 Å². The lowest BCUT2D eigenvalue weighted by molar-refractivity contribution is 0.0719. The van der Waals surface area contributed by atoms with Gasteiger partial charge < -0.3 is 14.1 Å². The number of carbonyl (C=O) groups is 1. The predicted molar refractivity (Wildman–Crippen MR) is 110 cm³/mol. The molecule has 0 radical (unpaired) electrons. The molecular formula is C23H19NO3S. The maximum Gasteiger partial charge on any atom is 0.254 e. The second-order valence-corrected chi connectivity index (χ2v) is 7.29. The molecule has 140 valence electrons. The Hall–Kier alpha value is -3.31. The molecule has 0 bridgehead atoms. The SMILES string of the molecule is O=C(c1ccc(Oc2ccccc2)cc1)N(Cc1ccco1)Cc1cccs1. The first-order chi connectivity index (χ1) is 13.8. The average molecular weight is 389 g/mol. The Bertz CT molecular complexity index is 958. The van der Waals surface area contributed by atoms with Crippen LogP contribution in [0.3, 0.4) is 0 Å². The van der Waals surface area contributed by atoms with E-state index >= 15 is 0 Å². The lowest BCUT2D eigenvalue weighted by Gasteiger charge is -2.21. The van der Waals surface area contributed by atoms with Crippen LogP contribution in [0.4, 0.5) is 0 Å². The van der Waals surface area contributed by atoms with Gasteiger partial charge in [0.1, 0.15) is 17.3 Å². The highest BCUT2D eigenvalue weighted by molar-refractivity contribution is 7.09. The monoisotopic (exact) mass is 389 g/mol. The zero-order valence-electron chi connectivity index (χ0n) is 15.2. The lowest BCUT2D eigenvalue weighted by atomic mass is 10.2. The number of carbonyl (C=O) groups excluding carboxylic acids is 1. The summed E-state index contributed by atoms with van der Waals surface area (Å²) < 4.78 is 11.3. The Morgan fingerprint density at radius 2 is 1.64 bits per heavy atom. The van der Waals surface area contributed by atoms with Crippen LogP contribution in [0.5, 0.6) is 11.5 Å². The number of amides is 1. The van der Waals surface area contributed by atoms with E-state index in [4.69, 9.17) is 9.15 Å². The highest BCUT2D eigenvalue weighted by atomic mass is 32.1. The summed E-state index contributed by atoms with van der Waals surface area (Å²) in [7, 11) is 0. The van der Waals surface area contributed by atoms with E-state index in [1.54, 1.807) is 34.6 Å². The minimum Gasteiger partial charge on any atom is -0.467 e. The summed E-state index contributed by atoms with van der Waals surface area (Å²) >= 11 is 1.64. The van der Waals surface area contributed by atoms with Crippen LogP contribution in [0.15, 0.2) is 94.9 Å². The van der Waals surface area contributed by atoms with Crippen LogP contribution in [-0.2, 0) is 13.1 Å². The average Bonchev–Trinajstić information content (AvgIpc) is 3.43. The van der Waals surface area contributed by atoms with Gasteiger partial charge in [-0.2, -0.15) is 0 Å². The number of ether oxygens (including phenoxy) is 1. The summed E-state index contributed by atoms with van der Waals surface area (Å²) in [5.41, 5.74) is 0.614. The van der Waals surface area contributed by atoms with Gasteiger partial charge in [0.05, 0.1) is 19.4 Å². The standard InChI is InChI=1S/C23H19NO3S/c25-23(18-10-12-20(13-11-18)27-19-6-2-1-3-7-19)24(16-21-8-4-14-26-21)17-22-9-5-15-28-22/h1-15H,16-17H2. The van der Waals surface area contributed by atoms with Gasteiger partial charge in [0.15, 0.2) is 0 Å². The first-order valence-corrected chi connectivity index (χ1v) is 9.83. The summed E-state index contributed by atoms with van der Waals surface area (Å²) in [6.07, 6.45) is 1.62. The highest BCUT2D eigenvalue weighted by Crippen LogP contribution is 2.23. The third-order valence-electron chi connectivity index (χ3n) is 4.22. The second kappa shape index (κ2) is 8.59. The smallest absolute Gasteiger partial charge is 0.254 e. The zero-order valence-corrected chi connectivity index (χ0v) is 16.0. The maximum atomic E-state index is 13.1. The van der Waals surface area contributed by atoms with E-state index in [-0.39, 0.29) is 5.91 Å². The molecule has 0 spiro atoms. The number of benzene rings is 2. The summed E-state index contributed by atoms with van der Waals surface area (Å²) in [6.45, 7) is 0.964. The molecule has 4 nitrogen and oxygen atoms in total. The van der Waals surface area contributed by atoms with Gasteiger partial charge in [0.2, 0.25) is 0 Å². The Morgan fingerprint density at radius 3 is 2.32 bits per heavy atom. The summed E-state index contributed by atoms with van der Waals surface area (Å²) in [4.78, 5) is 16.0. The molecular weight excluding hydrogens is 370 g/mol. The molecule has 0 aliphatic rings. The Morgan fingerprint density at radius 1 is 0.857 bits per heavy atom. The number of hydrogen-bond donors (Lipinski definition) is 0. The number of hydrogen-bond acceptors (Lipinski definition) is 4. The minimum absolute atomic E-state index is 0.0453. The van der Waals surface area contributed by atoms with Crippen molar-refractivity contribution in [3.63, 3.8) is 0 Å². The molecule has 2 aromatic heterocycles. The van der Waals surface area contributed by atoms with Crippen molar-refractivity contribution in [2.75, 3.05) is 0 Å². The van der Waals surface area contributed by atoms with Crippen molar-refractivity contribution in [1.82, 2.24) is 4.90 Å². The van der Waals surface area contributed by atoms with Crippen LogP contribution in [-0.4, -0.2) is 10.8 Å². The molecule has 0 fully saturated rings. The molecule has 0 aliphatic heterocycles. The molecule has 1 amide bonds. The molecule has 28 heavy (non-hydrogen) atoms. The van der Waals surface area contributed by atoms with E-state index in [9.17, 15) is 4.79 Å². The summed E-state index contributed by atoms with van der Waals surface area (Å²) in [5.74, 6) is 2.17. The van der Waals surface area contributed by atoms with Crippen LogP contribution in [0.2, 0.25) is 0 Å². The van der Waals surface area contributed by atoms with Crippen molar-refractivity contribution in [2.24, 2.45) is 0 Å². The van der Waals surface area contributed by atoms with Gasteiger partial charge in [0.25, 0.3) is 5.91 Å². The normalized spacial score (nSPS) is 10.6. The van der Waals surface area contributed by atoms with Gasteiger partial charge in [-0.25, -0.2) is 0 Å². The van der Waals surface area contributed by atoms with Gasteiger partial charge in [-0.15, -0.1) is 11.3 Å². The van der Waals surface area contributed by atoms with E-state index in [1.165, 1.54) is 0 Å². The first kappa shape index (κ1) is 18.1.